The average molecular weight is 670 g/mol. The van der Waals surface area contributed by atoms with Crippen molar-refractivity contribution in [1.29, 1.82) is 0 Å². The van der Waals surface area contributed by atoms with Crippen LogP contribution >= 0.6 is 11.6 Å². The number of fused-ring (bicyclic) bond motifs is 1. The Balaban J connectivity index is 1.83. The summed E-state index contributed by atoms with van der Waals surface area (Å²) in [7, 11) is 0. The second-order valence-electron chi connectivity index (χ2n) is 12.6. The second-order valence-corrected chi connectivity index (χ2v) is 13.1. The first-order valence-electron chi connectivity index (χ1n) is 15.5. The van der Waals surface area contributed by atoms with E-state index in [9.17, 15) is 22.8 Å². The van der Waals surface area contributed by atoms with Gasteiger partial charge in [-0.05, 0) is 71.4 Å². The highest BCUT2D eigenvalue weighted by molar-refractivity contribution is 6.30. The van der Waals surface area contributed by atoms with Crippen molar-refractivity contribution in [2.75, 3.05) is 13.1 Å². The van der Waals surface area contributed by atoms with Gasteiger partial charge in [0.15, 0.2) is 0 Å². The van der Waals surface area contributed by atoms with Crippen LogP contribution in [0.5, 0.6) is 17.2 Å². The molecule has 0 saturated heterocycles. The molecule has 4 aromatic rings. The molecule has 0 N–H and O–H groups in total. The standard InChI is InChI=1S/C37H39ClF3NO5/c1-22(2)19-42(20-23(3)4)21-30-31(46-32(43)18-9-25-7-10-26(11-8-25)24(5)6)17-16-29-33(44)35(36(37(39,40)41)47-34(29)30)45-28-14-12-27(38)13-15-28/h7-18,22-24H,19-21H2,1-6H3/b18-9+. The van der Waals surface area contributed by atoms with Crippen molar-refractivity contribution in [2.45, 2.75) is 60.2 Å². The van der Waals surface area contributed by atoms with E-state index in [0.717, 1.165) is 11.1 Å². The summed E-state index contributed by atoms with van der Waals surface area (Å²) in [6.07, 6.45) is -2.24. The van der Waals surface area contributed by atoms with Crippen molar-refractivity contribution < 1.29 is 31.9 Å². The summed E-state index contributed by atoms with van der Waals surface area (Å²) in [5.41, 5.74) is 0.726. The molecule has 0 aliphatic rings. The summed E-state index contributed by atoms with van der Waals surface area (Å²) in [5.74, 6) is -2.58. The van der Waals surface area contributed by atoms with Crippen molar-refractivity contribution in [2.24, 2.45) is 11.8 Å². The molecular weight excluding hydrogens is 631 g/mol. The number of hydrogen-bond donors (Lipinski definition) is 0. The van der Waals surface area contributed by atoms with Crippen LogP contribution < -0.4 is 14.9 Å². The normalized spacial score (nSPS) is 12.3. The van der Waals surface area contributed by atoms with Gasteiger partial charge in [-0.25, -0.2) is 4.79 Å². The van der Waals surface area contributed by atoms with E-state index < -0.39 is 29.1 Å². The molecule has 0 fully saturated rings. The van der Waals surface area contributed by atoms with Crippen LogP contribution in [0.2, 0.25) is 5.02 Å². The number of halogens is 4. The van der Waals surface area contributed by atoms with Gasteiger partial charge in [0.1, 0.15) is 17.1 Å². The Morgan fingerprint density at radius 2 is 1.53 bits per heavy atom. The lowest BCUT2D eigenvalue weighted by Crippen LogP contribution is -2.31. The number of alkyl halides is 3. The van der Waals surface area contributed by atoms with E-state index in [1.807, 2.05) is 56.9 Å². The van der Waals surface area contributed by atoms with Gasteiger partial charge in [0.2, 0.25) is 11.2 Å². The van der Waals surface area contributed by atoms with Gasteiger partial charge in [-0.2, -0.15) is 13.2 Å². The maximum atomic E-state index is 14.5. The van der Waals surface area contributed by atoms with Gasteiger partial charge in [-0.15, -0.1) is 0 Å². The molecule has 0 unspecified atom stereocenters. The molecule has 1 heterocycles. The largest absolute Gasteiger partial charge is 0.453 e. The lowest BCUT2D eigenvalue weighted by atomic mass is 10.0. The molecule has 4 rings (SSSR count). The number of rotatable bonds is 12. The number of nitrogens with zero attached hydrogens (tertiary/aromatic N) is 1. The first-order valence-corrected chi connectivity index (χ1v) is 15.9. The molecule has 0 amide bonds. The van der Waals surface area contributed by atoms with Crippen molar-refractivity contribution in [1.82, 2.24) is 4.90 Å². The Morgan fingerprint density at radius 1 is 0.915 bits per heavy atom. The lowest BCUT2D eigenvalue weighted by molar-refractivity contribution is -0.154. The van der Waals surface area contributed by atoms with E-state index in [2.05, 4.69) is 13.8 Å². The van der Waals surface area contributed by atoms with E-state index in [4.69, 9.17) is 25.5 Å². The number of benzene rings is 3. The highest BCUT2D eigenvalue weighted by Crippen LogP contribution is 2.40. The Morgan fingerprint density at radius 3 is 2.09 bits per heavy atom. The molecule has 0 atom stereocenters. The fourth-order valence-corrected chi connectivity index (χ4v) is 5.31. The fraction of sp³-hybridized carbons (Fsp3) is 0.351. The predicted octanol–water partition coefficient (Wildman–Crippen LogP) is 10.1. The minimum atomic E-state index is -5.08. The quantitative estimate of drug-likeness (QED) is 0.0850. The first kappa shape index (κ1) is 35.8. The van der Waals surface area contributed by atoms with Crippen LogP contribution in [-0.2, 0) is 17.5 Å². The highest BCUT2D eigenvalue weighted by Gasteiger charge is 2.41. The Kier molecular flexibility index (Phi) is 11.6. The molecule has 6 nitrogen and oxygen atoms in total. The summed E-state index contributed by atoms with van der Waals surface area (Å²) in [6.45, 7) is 13.5. The van der Waals surface area contributed by atoms with Gasteiger partial charge in [-0.3, -0.25) is 9.69 Å². The number of esters is 1. The highest BCUT2D eigenvalue weighted by atomic mass is 35.5. The maximum Gasteiger partial charge on any atom is 0.453 e. The van der Waals surface area contributed by atoms with Crippen LogP contribution in [-0.4, -0.2) is 24.0 Å². The zero-order valence-corrected chi connectivity index (χ0v) is 28.0. The topological polar surface area (TPSA) is 69.0 Å². The molecule has 0 bridgehead atoms. The van der Waals surface area contributed by atoms with E-state index in [1.165, 1.54) is 42.5 Å². The molecule has 1 aromatic heterocycles. The van der Waals surface area contributed by atoms with Crippen LogP contribution in [0.15, 0.2) is 76.0 Å². The predicted molar refractivity (Wildman–Crippen MR) is 179 cm³/mol. The summed E-state index contributed by atoms with van der Waals surface area (Å²) in [6, 6.07) is 16.0. The number of carbonyl (C=O) groups excluding carboxylic acids is 1. The van der Waals surface area contributed by atoms with E-state index in [1.54, 1.807) is 6.08 Å². The molecule has 0 saturated carbocycles. The molecule has 10 heteroatoms. The zero-order valence-electron chi connectivity index (χ0n) is 27.3. The van der Waals surface area contributed by atoms with Gasteiger partial charge in [-0.1, -0.05) is 77.4 Å². The summed E-state index contributed by atoms with van der Waals surface area (Å²) in [5, 5.41) is 0.198. The van der Waals surface area contributed by atoms with E-state index >= 15 is 0 Å². The lowest BCUT2D eigenvalue weighted by Gasteiger charge is -2.27. The molecule has 250 valence electrons. The molecule has 0 radical (unpaired) electrons. The maximum absolute atomic E-state index is 14.5. The fourth-order valence-electron chi connectivity index (χ4n) is 5.18. The van der Waals surface area contributed by atoms with E-state index in [-0.39, 0.29) is 46.4 Å². The van der Waals surface area contributed by atoms with Gasteiger partial charge >= 0.3 is 12.1 Å². The van der Waals surface area contributed by atoms with Crippen molar-refractivity contribution in [3.63, 3.8) is 0 Å². The Labute approximate surface area is 277 Å². The Bertz CT molecular complexity index is 1770. The molecule has 0 spiro atoms. The summed E-state index contributed by atoms with van der Waals surface area (Å²) in [4.78, 5) is 28.8. The van der Waals surface area contributed by atoms with Gasteiger partial charge in [0.25, 0.3) is 5.76 Å². The van der Waals surface area contributed by atoms with Crippen LogP contribution in [0, 0.1) is 11.8 Å². The molecule has 47 heavy (non-hydrogen) atoms. The third kappa shape index (κ3) is 9.49. The summed E-state index contributed by atoms with van der Waals surface area (Å²) < 4.78 is 60.1. The molecule has 0 aliphatic heterocycles. The van der Waals surface area contributed by atoms with Crippen LogP contribution in [0.25, 0.3) is 17.0 Å². The third-order valence-electron chi connectivity index (χ3n) is 7.22. The number of carbonyl (C=O) groups is 1. The first-order chi connectivity index (χ1) is 22.1. The molecule has 0 aliphatic carbocycles. The van der Waals surface area contributed by atoms with Crippen molar-refractivity contribution in [3.05, 3.63) is 104 Å². The minimum absolute atomic E-state index is 0.0116. The van der Waals surface area contributed by atoms with Crippen molar-refractivity contribution >= 4 is 34.6 Å². The Hall–Kier alpha value is -4.08. The van der Waals surface area contributed by atoms with Crippen molar-refractivity contribution in [3.8, 4) is 17.2 Å². The van der Waals surface area contributed by atoms with Gasteiger partial charge in [0, 0.05) is 30.7 Å². The minimum Gasteiger partial charge on any atom is -0.449 e. The number of hydrogen-bond acceptors (Lipinski definition) is 6. The summed E-state index contributed by atoms with van der Waals surface area (Å²) >= 11 is 5.91. The SMILES string of the molecule is CC(C)CN(Cc1c(OC(=O)/C=C/c2ccc(C(C)C)cc2)ccc2c(=O)c(Oc3ccc(Cl)cc3)c(C(F)(F)F)oc12)CC(C)C. The molecular formula is C37H39ClF3NO5. The van der Waals surface area contributed by atoms with Crippen LogP contribution in [0.3, 0.4) is 0 Å². The second kappa shape index (κ2) is 15.2. The van der Waals surface area contributed by atoms with E-state index in [0.29, 0.717) is 24.0 Å². The average Bonchev–Trinajstić information content (AvgIpc) is 2.98. The van der Waals surface area contributed by atoms with Gasteiger partial charge in [0.05, 0.1) is 10.9 Å². The monoisotopic (exact) mass is 669 g/mol. The molecule has 3 aromatic carbocycles. The smallest absolute Gasteiger partial charge is 0.449 e. The van der Waals surface area contributed by atoms with Crippen LogP contribution in [0.4, 0.5) is 13.2 Å². The van der Waals surface area contributed by atoms with Crippen LogP contribution in [0.1, 0.15) is 69.9 Å². The number of ether oxygens (including phenoxy) is 2. The van der Waals surface area contributed by atoms with Gasteiger partial charge < -0.3 is 13.9 Å². The third-order valence-corrected chi connectivity index (χ3v) is 7.48. The zero-order chi connectivity index (χ0) is 34.5.